The summed E-state index contributed by atoms with van der Waals surface area (Å²) in [6.07, 6.45) is 7.10. The van der Waals surface area contributed by atoms with E-state index in [2.05, 4.69) is 9.97 Å². The lowest BCUT2D eigenvalue weighted by Crippen LogP contribution is -2.27. The van der Waals surface area contributed by atoms with Crippen molar-refractivity contribution in [1.82, 2.24) is 19.4 Å². The first kappa shape index (κ1) is 18.5. The first-order valence-corrected chi connectivity index (χ1v) is 9.47. The van der Waals surface area contributed by atoms with Gasteiger partial charge in [-0.1, -0.05) is 35.5 Å². The Bertz CT molecular complexity index is 898. The first-order chi connectivity index (χ1) is 12.6. The summed E-state index contributed by atoms with van der Waals surface area (Å²) in [7, 11) is 1.80. The summed E-state index contributed by atoms with van der Waals surface area (Å²) in [6, 6.07) is 9.58. The van der Waals surface area contributed by atoms with Crippen molar-refractivity contribution in [2.45, 2.75) is 18.6 Å². The third kappa shape index (κ3) is 4.26. The molecular weight excluding hydrogens is 368 g/mol. The largest absolute Gasteiger partial charge is 0.341 e. The predicted molar refractivity (Wildman–Crippen MR) is 105 cm³/mol. The zero-order chi connectivity index (χ0) is 18.5. The molecule has 0 bridgehead atoms. The van der Waals surface area contributed by atoms with Gasteiger partial charge in [-0.25, -0.2) is 4.98 Å². The second-order valence-electron chi connectivity index (χ2n) is 5.86. The fourth-order valence-electron chi connectivity index (χ4n) is 2.53. The van der Waals surface area contributed by atoms with Crippen LogP contribution < -0.4 is 0 Å². The van der Waals surface area contributed by atoms with E-state index in [-0.39, 0.29) is 5.91 Å². The number of imidazole rings is 1. The van der Waals surface area contributed by atoms with Gasteiger partial charge < -0.3 is 4.90 Å². The van der Waals surface area contributed by atoms with Crippen LogP contribution in [0.5, 0.6) is 0 Å². The van der Waals surface area contributed by atoms with Crippen molar-refractivity contribution in [3.63, 3.8) is 0 Å². The van der Waals surface area contributed by atoms with E-state index in [0.29, 0.717) is 17.3 Å². The highest BCUT2D eigenvalue weighted by molar-refractivity contribution is 7.99. The number of rotatable bonds is 6. The minimum absolute atomic E-state index is 0.0382. The van der Waals surface area contributed by atoms with Gasteiger partial charge in [0.25, 0.3) is 0 Å². The molecule has 0 aliphatic carbocycles. The maximum Gasteiger partial charge on any atom is 0.233 e. The zero-order valence-electron chi connectivity index (χ0n) is 14.6. The molecule has 0 spiro atoms. The molecule has 3 rings (SSSR count). The standard InChI is InChI=1S/C19H19ClN4OS/c1-14-16(20)6-3-7-17(14)24-10-9-22-19(24)26-13-18(25)23(2)12-15-5-4-8-21-11-15/h3-11H,12-13H2,1-2H3. The second kappa shape index (κ2) is 8.38. The number of benzene rings is 1. The summed E-state index contributed by atoms with van der Waals surface area (Å²) in [5.41, 5.74) is 2.95. The minimum Gasteiger partial charge on any atom is -0.341 e. The monoisotopic (exact) mass is 386 g/mol. The molecule has 0 aliphatic rings. The highest BCUT2D eigenvalue weighted by atomic mass is 35.5. The average Bonchev–Trinajstić information content (AvgIpc) is 3.11. The van der Waals surface area contributed by atoms with E-state index >= 15 is 0 Å². The van der Waals surface area contributed by atoms with E-state index in [1.54, 1.807) is 30.5 Å². The number of hydrogen-bond donors (Lipinski definition) is 0. The van der Waals surface area contributed by atoms with Crippen molar-refractivity contribution in [1.29, 1.82) is 0 Å². The Morgan fingerprint density at radius 1 is 1.27 bits per heavy atom. The van der Waals surface area contributed by atoms with Gasteiger partial charge in [-0.15, -0.1) is 0 Å². The van der Waals surface area contributed by atoms with Crippen LogP contribution in [0.2, 0.25) is 5.02 Å². The molecule has 26 heavy (non-hydrogen) atoms. The van der Waals surface area contributed by atoms with Crippen LogP contribution in [0.4, 0.5) is 0 Å². The van der Waals surface area contributed by atoms with Crippen LogP contribution in [0, 0.1) is 6.92 Å². The van der Waals surface area contributed by atoms with Crippen LogP contribution in [-0.4, -0.2) is 38.1 Å². The Balaban J connectivity index is 1.66. The van der Waals surface area contributed by atoms with Gasteiger partial charge in [0, 0.05) is 43.4 Å². The predicted octanol–water partition coefficient (Wildman–Crippen LogP) is 3.98. The maximum atomic E-state index is 12.4. The summed E-state index contributed by atoms with van der Waals surface area (Å²) in [4.78, 5) is 22.6. The van der Waals surface area contributed by atoms with Crippen molar-refractivity contribution in [2.75, 3.05) is 12.8 Å². The van der Waals surface area contributed by atoms with Crippen molar-refractivity contribution >= 4 is 29.3 Å². The van der Waals surface area contributed by atoms with Gasteiger partial charge in [-0.3, -0.25) is 14.3 Å². The van der Waals surface area contributed by atoms with Gasteiger partial charge in [0.15, 0.2) is 5.16 Å². The number of carbonyl (C=O) groups is 1. The van der Waals surface area contributed by atoms with E-state index in [1.807, 2.05) is 48.0 Å². The molecule has 0 N–H and O–H groups in total. The lowest BCUT2D eigenvalue weighted by Gasteiger charge is -2.17. The van der Waals surface area contributed by atoms with Gasteiger partial charge in [0.05, 0.1) is 11.4 Å². The quantitative estimate of drug-likeness (QED) is 0.601. The van der Waals surface area contributed by atoms with E-state index in [0.717, 1.165) is 22.0 Å². The van der Waals surface area contributed by atoms with Crippen LogP contribution in [-0.2, 0) is 11.3 Å². The number of amides is 1. The minimum atomic E-state index is 0.0382. The Morgan fingerprint density at radius 2 is 2.12 bits per heavy atom. The fourth-order valence-corrected chi connectivity index (χ4v) is 3.60. The van der Waals surface area contributed by atoms with Gasteiger partial charge in [0.2, 0.25) is 5.91 Å². The third-order valence-electron chi connectivity index (χ3n) is 4.00. The number of carbonyl (C=O) groups excluding carboxylic acids is 1. The number of hydrogen-bond acceptors (Lipinski definition) is 4. The Kier molecular flexibility index (Phi) is 5.96. The normalized spacial score (nSPS) is 10.7. The molecule has 2 aromatic heterocycles. The van der Waals surface area contributed by atoms with Crippen LogP contribution in [0.25, 0.3) is 5.69 Å². The summed E-state index contributed by atoms with van der Waals surface area (Å²) in [5.74, 6) is 0.351. The highest BCUT2D eigenvalue weighted by Crippen LogP contribution is 2.26. The molecule has 3 aromatic rings. The second-order valence-corrected chi connectivity index (χ2v) is 7.21. The topological polar surface area (TPSA) is 51.0 Å². The third-order valence-corrected chi connectivity index (χ3v) is 5.36. The molecule has 0 radical (unpaired) electrons. The molecule has 0 atom stereocenters. The summed E-state index contributed by atoms with van der Waals surface area (Å²) < 4.78 is 1.96. The molecule has 0 fully saturated rings. The van der Waals surface area contributed by atoms with E-state index < -0.39 is 0 Å². The van der Waals surface area contributed by atoms with E-state index in [9.17, 15) is 4.79 Å². The number of aromatic nitrogens is 3. The zero-order valence-corrected chi connectivity index (χ0v) is 16.2. The molecular formula is C19H19ClN4OS. The maximum absolute atomic E-state index is 12.4. The van der Waals surface area contributed by atoms with Crippen LogP contribution in [0.15, 0.2) is 60.3 Å². The van der Waals surface area contributed by atoms with Crippen LogP contribution in [0.1, 0.15) is 11.1 Å². The lowest BCUT2D eigenvalue weighted by atomic mass is 10.2. The Labute approximate surface area is 162 Å². The van der Waals surface area contributed by atoms with Gasteiger partial charge in [-0.2, -0.15) is 0 Å². The van der Waals surface area contributed by atoms with Gasteiger partial charge >= 0.3 is 0 Å². The average molecular weight is 387 g/mol. The van der Waals surface area contributed by atoms with Crippen molar-refractivity contribution in [3.8, 4) is 5.69 Å². The lowest BCUT2D eigenvalue weighted by molar-refractivity contribution is -0.127. The Morgan fingerprint density at radius 3 is 2.88 bits per heavy atom. The molecule has 134 valence electrons. The summed E-state index contributed by atoms with van der Waals surface area (Å²) >= 11 is 7.63. The van der Waals surface area contributed by atoms with Crippen molar-refractivity contribution in [2.24, 2.45) is 0 Å². The van der Waals surface area contributed by atoms with Crippen LogP contribution in [0.3, 0.4) is 0 Å². The van der Waals surface area contributed by atoms with E-state index in [1.165, 1.54) is 11.8 Å². The molecule has 2 heterocycles. The van der Waals surface area contributed by atoms with Crippen LogP contribution >= 0.6 is 23.4 Å². The van der Waals surface area contributed by atoms with Gasteiger partial charge in [0.1, 0.15) is 0 Å². The number of nitrogens with zero attached hydrogens (tertiary/aromatic N) is 4. The SMILES string of the molecule is Cc1c(Cl)cccc1-n1ccnc1SCC(=O)N(C)Cc1cccnc1. The molecule has 0 aliphatic heterocycles. The molecule has 1 amide bonds. The number of halogens is 1. The molecule has 0 saturated heterocycles. The molecule has 5 nitrogen and oxygen atoms in total. The van der Waals surface area contributed by atoms with Crippen molar-refractivity contribution in [3.05, 3.63) is 71.3 Å². The van der Waals surface area contributed by atoms with Gasteiger partial charge in [-0.05, 0) is 36.2 Å². The molecule has 7 heteroatoms. The molecule has 0 saturated carbocycles. The first-order valence-electron chi connectivity index (χ1n) is 8.11. The molecule has 1 aromatic carbocycles. The number of thioether (sulfide) groups is 1. The van der Waals surface area contributed by atoms with E-state index in [4.69, 9.17) is 11.6 Å². The Hall–Kier alpha value is -2.31. The number of pyridine rings is 1. The van der Waals surface area contributed by atoms with Crippen molar-refractivity contribution < 1.29 is 4.79 Å². The fraction of sp³-hybridized carbons (Fsp3) is 0.211. The summed E-state index contributed by atoms with van der Waals surface area (Å²) in [5, 5.41) is 1.47. The summed E-state index contributed by atoms with van der Waals surface area (Å²) in [6.45, 7) is 2.51. The highest BCUT2D eigenvalue weighted by Gasteiger charge is 2.14. The molecule has 0 unspecified atom stereocenters. The smallest absolute Gasteiger partial charge is 0.233 e.